The van der Waals surface area contributed by atoms with Gasteiger partial charge in [-0.1, -0.05) is 0 Å². The molecule has 1 rings (SSSR count). The van der Waals surface area contributed by atoms with Gasteiger partial charge in [0.05, 0.1) is 24.7 Å². The predicted octanol–water partition coefficient (Wildman–Crippen LogP) is 2.35. The zero-order valence-corrected chi connectivity index (χ0v) is 10.9. The molecule has 0 aliphatic heterocycles. The third kappa shape index (κ3) is 4.19. The fourth-order valence-electron chi connectivity index (χ4n) is 1.33. The molecule has 5 heteroatoms. The van der Waals surface area contributed by atoms with Gasteiger partial charge in [0, 0.05) is 6.07 Å². The number of hydrogen-bond acceptors (Lipinski definition) is 4. The second-order valence-electron chi connectivity index (χ2n) is 3.23. The second kappa shape index (κ2) is 7.06. The number of anilines is 1. The molecule has 0 bridgehead atoms. The molecule has 1 amide bonds. The molecule has 0 aliphatic carbocycles. The van der Waals surface area contributed by atoms with Crippen LogP contribution in [0.5, 0.6) is 11.5 Å². The highest BCUT2D eigenvalue weighted by atomic mass is 32.1. The SMILES string of the molecule is CCOc1ccc(OCC)c(NC(=O)CS)c1. The van der Waals surface area contributed by atoms with Gasteiger partial charge >= 0.3 is 0 Å². The summed E-state index contributed by atoms with van der Waals surface area (Å²) in [6, 6.07) is 5.34. The smallest absolute Gasteiger partial charge is 0.234 e. The zero-order chi connectivity index (χ0) is 12.7. The van der Waals surface area contributed by atoms with Crippen LogP contribution in [0.4, 0.5) is 5.69 Å². The summed E-state index contributed by atoms with van der Waals surface area (Å²) < 4.78 is 10.8. The number of hydrogen-bond donors (Lipinski definition) is 2. The predicted molar refractivity (Wildman–Crippen MR) is 71.3 cm³/mol. The Bertz CT molecular complexity index is 382. The van der Waals surface area contributed by atoms with E-state index in [0.29, 0.717) is 30.4 Å². The first-order valence-electron chi connectivity index (χ1n) is 5.51. The number of carbonyl (C=O) groups excluding carboxylic acids is 1. The average Bonchev–Trinajstić information content (AvgIpc) is 2.33. The molecule has 4 nitrogen and oxygen atoms in total. The number of rotatable bonds is 6. The monoisotopic (exact) mass is 255 g/mol. The van der Waals surface area contributed by atoms with Crippen molar-refractivity contribution in [3.05, 3.63) is 18.2 Å². The van der Waals surface area contributed by atoms with E-state index in [-0.39, 0.29) is 11.7 Å². The summed E-state index contributed by atoms with van der Waals surface area (Å²) in [4.78, 5) is 11.3. The Hall–Kier alpha value is -1.36. The van der Waals surface area contributed by atoms with Crippen LogP contribution in [-0.4, -0.2) is 24.9 Å². The van der Waals surface area contributed by atoms with E-state index in [0.717, 1.165) is 0 Å². The van der Waals surface area contributed by atoms with Crippen molar-refractivity contribution < 1.29 is 14.3 Å². The van der Waals surface area contributed by atoms with E-state index in [9.17, 15) is 4.79 Å². The molecular formula is C12H17NO3S. The Labute approximate surface area is 107 Å². The van der Waals surface area contributed by atoms with E-state index in [4.69, 9.17) is 9.47 Å². The van der Waals surface area contributed by atoms with E-state index in [1.807, 2.05) is 19.9 Å². The van der Waals surface area contributed by atoms with Crippen molar-refractivity contribution in [3.63, 3.8) is 0 Å². The van der Waals surface area contributed by atoms with Gasteiger partial charge in [0.15, 0.2) is 0 Å². The highest BCUT2D eigenvalue weighted by Gasteiger charge is 2.08. The lowest BCUT2D eigenvalue weighted by Crippen LogP contribution is -2.13. The van der Waals surface area contributed by atoms with E-state index in [2.05, 4.69) is 17.9 Å². The summed E-state index contributed by atoms with van der Waals surface area (Å²) in [7, 11) is 0. The molecule has 0 aliphatic rings. The van der Waals surface area contributed by atoms with Gasteiger partial charge in [-0.25, -0.2) is 0 Å². The highest BCUT2D eigenvalue weighted by Crippen LogP contribution is 2.29. The largest absolute Gasteiger partial charge is 0.494 e. The molecule has 0 saturated heterocycles. The third-order valence-corrected chi connectivity index (χ3v) is 2.27. The average molecular weight is 255 g/mol. The van der Waals surface area contributed by atoms with Gasteiger partial charge in [-0.15, -0.1) is 0 Å². The minimum Gasteiger partial charge on any atom is -0.494 e. The summed E-state index contributed by atoms with van der Waals surface area (Å²) in [6.07, 6.45) is 0. The number of carbonyl (C=O) groups is 1. The molecule has 0 fully saturated rings. The first kappa shape index (κ1) is 13.7. The molecule has 1 N–H and O–H groups in total. The Kier molecular flexibility index (Phi) is 5.69. The van der Waals surface area contributed by atoms with Crippen molar-refractivity contribution in [1.29, 1.82) is 0 Å². The van der Waals surface area contributed by atoms with E-state index < -0.39 is 0 Å². The van der Waals surface area contributed by atoms with Crippen molar-refractivity contribution in [2.24, 2.45) is 0 Å². The Morgan fingerprint density at radius 1 is 1.29 bits per heavy atom. The maximum atomic E-state index is 11.3. The lowest BCUT2D eigenvalue weighted by atomic mass is 10.2. The fourth-order valence-corrected chi connectivity index (χ4v) is 1.41. The molecule has 0 spiro atoms. The van der Waals surface area contributed by atoms with Gasteiger partial charge in [0.25, 0.3) is 0 Å². The van der Waals surface area contributed by atoms with Crippen LogP contribution in [0.15, 0.2) is 18.2 Å². The van der Waals surface area contributed by atoms with E-state index in [1.54, 1.807) is 12.1 Å². The molecule has 0 atom stereocenters. The minimum absolute atomic E-state index is 0.129. The van der Waals surface area contributed by atoms with Gasteiger partial charge in [0.2, 0.25) is 5.91 Å². The number of ether oxygens (including phenoxy) is 2. The van der Waals surface area contributed by atoms with Crippen LogP contribution in [-0.2, 0) is 4.79 Å². The Morgan fingerprint density at radius 3 is 2.59 bits per heavy atom. The van der Waals surface area contributed by atoms with Crippen LogP contribution < -0.4 is 14.8 Å². The summed E-state index contributed by atoms with van der Waals surface area (Å²) in [5.74, 6) is 1.28. The molecular weight excluding hydrogens is 238 g/mol. The van der Waals surface area contributed by atoms with Gasteiger partial charge in [0.1, 0.15) is 11.5 Å². The summed E-state index contributed by atoms with van der Waals surface area (Å²) in [5, 5.41) is 2.72. The van der Waals surface area contributed by atoms with Gasteiger partial charge in [-0.05, 0) is 26.0 Å². The first-order chi connectivity index (χ1) is 8.21. The van der Waals surface area contributed by atoms with Crippen molar-refractivity contribution in [3.8, 4) is 11.5 Å². The molecule has 1 aromatic carbocycles. The molecule has 0 heterocycles. The van der Waals surface area contributed by atoms with Crippen LogP contribution in [0.25, 0.3) is 0 Å². The number of thiol groups is 1. The molecule has 0 radical (unpaired) electrons. The fraction of sp³-hybridized carbons (Fsp3) is 0.417. The minimum atomic E-state index is -0.178. The van der Waals surface area contributed by atoms with E-state index >= 15 is 0 Å². The standard InChI is InChI=1S/C12H17NO3S/c1-3-15-9-5-6-11(16-4-2)10(7-9)13-12(14)8-17/h5-7,17H,3-4,8H2,1-2H3,(H,13,14). The second-order valence-corrected chi connectivity index (χ2v) is 3.55. The topological polar surface area (TPSA) is 47.6 Å². The zero-order valence-electron chi connectivity index (χ0n) is 10.0. The summed E-state index contributed by atoms with van der Waals surface area (Å²) >= 11 is 3.92. The lowest BCUT2D eigenvalue weighted by molar-refractivity contribution is -0.113. The summed E-state index contributed by atoms with van der Waals surface area (Å²) in [5.41, 5.74) is 0.608. The first-order valence-corrected chi connectivity index (χ1v) is 6.14. The van der Waals surface area contributed by atoms with Crippen LogP contribution >= 0.6 is 12.6 Å². The van der Waals surface area contributed by atoms with Crippen molar-refractivity contribution >= 4 is 24.2 Å². The molecule has 0 saturated carbocycles. The van der Waals surface area contributed by atoms with Crippen LogP contribution in [0.2, 0.25) is 0 Å². The van der Waals surface area contributed by atoms with Crippen molar-refractivity contribution in [1.82, 2.24) is 0 Å². The normalized spacial score (nSPS) is 9.82. The van der Waals surface area contributed by atoms with Crippen LogP contribution in [0.1, 0.15) is 13.8 Å². The molecule has 17 heavy (non-hydrogen) atoms. The van der Waals surface area contributed by atoms with Crippen LogP contribution in [0.3, 0.4) is 0 Å². The van der Waals surface area contributed by atoms with Gasteiger partial charge in [-0.3, -0.25) is 4.79 Å². The number of benzene rings is 1. The highest BCUT2D eigenvalue weighted by molar-refractivity contribution is 7.81. The third-order valence-electron chi connectivity index (χ3n) is 1.98. The molecule has 0 aromatic heterocycles. The quantitative estimate of drug-likeness (QED) is 0.767. The van der Waals surface area contributed by atoms with E-state index in [1.165, 1.54) is 0 Å². The van der Waals surface area contributed by atoms with Gasteiger partial charge in [-0.2, -0.15) is 12.6 Å². The number of nitrogens with one attached hydrogen (secondary N) is 1. The number of amides is 1. The molecule has 0 unspecified atom stereocenters. The molecule has 94 valence electrons. The van der Waals surface area contributed by atoms with Crippen LogP contribution in [0, 0.1) is 0 Å². The Balaban J connectivity index is 2.93. The maximum Gasteiger partial charge on any atom is 0.234 e. The maximum absolute atomic E-state index is 11.3. The summed E-state index contributed by atoms with van der Waals surface area (Å²) in [6.45, 7) is 4.91. The lowest BCUT2D eigenvalue weighted by Gasteiger charge is -2.12. The Morgan fingerprint density at radius 2 is 2.00 bits per heavy atom. The molecule has 1 aromatic rings. The van der Waals surface area contributed by atoms with Crippen molar-refractivity contribution in [2.45, 2.75) is 13.8 Å². The van der Waals surface area contributed by atoms with Crippen molar-refractivity contribution in [2.75, 3.05) is 24.3 Å². The van der Waals surface area contributed by atoms with Gasteiger partial charge < -0.3 is 14.8 Å².